The molecule has 19 heavy (non-hydrogen) atoms. The normalized spacial score (nSPS) is 12.4. The fourth-order valence-corrected chi connectivity index (χ4v) is 1.49. The van der Waals surface area contributed by atoms with Gasteiger partial charge in [0.25, 0.3) is 0 Å². The minimum atomic E-state index is -4.99. The van der Waals surface area contributed by atoms with Gasteiger partial charge in [-0.05, 0) is 24.6 Å². The standard InChI is InChI=1S/C11H8F6O2/c1-5-7(9(18)19-2)3-6(10(12,13)14)4-8(5)11(15,16)17/h3-4H,1-2H3. The number of rotatable bonds is 1. The summed E-state index contributed by atoms with van der Waals surface area (Å²) in [6.45, 7) is 0.912. The minimum absolute atomic E-state index is 0.0260. The molecule has 0 aliphatic carbocycles. The summed E-state index contributed by atoms with van der Waals surface area (Å²) in [7, 11) is 0.870. The van der Waals surface area contributed by atoms with Crippen LogP contribution in [0.5, 0.6) is 0 Å². The van der Waals surface area contributed by atoms with Crippen LogP contribution >= 0.6 is 0 Å². The van der Waals surface area contributed by atoms with Gasteiger partial charge in [0, 0.05) is 0 Å². The predicted molar refractivity (Wildman–Crippen MR) is 52.5 cm³/mol. The zero-order valence-corrected chi connectivity index (χ0v) is 9.74. The lowest BCUT2D eigenvalue weighted by Crippen LogP contribution is -2.16. The van der Waals surface area contributed by atoms with Crippen molar-refractivity contribution < 1.29 is 35.9 Å². The first-order valence-corrected chi connectivity index (χ1v) is 4.86. The van der Waals surface area contributed by atoms with E-state index < -0.39 is 40.6 Å². The summed E-state index contributed by atoms with van der Waals surface area (Å²) in [4.78, 5) is 11.2. The molecule has 0 saturated heterocycles. The molecule has 1 rings (SSSR count). The number of hydrogen-bond acceptors (Lipinski definition) is 2. The molecule has 1 aromatic rings. The maximum atomic E-state index is 12.6. The van der Waals surface area contributed by atoms with Crippen LogP contribution in [0, 0.1) is 6.92 Å². The molecule has 0 atom stereocenters. The first-order valence-electron chi connectivity index (χ1n) is 4.86. The van der Waals surface area contributed by atoms with Crippen molar-refractivity contribution >= 4 is 5.97 Å². The highest BCUT2D eigenvalue weighted by atomic mass is 19.4. The largest absolute Gasteiger partial charge is 0.465 e. The number of alkyl halides is 6. The summed E-state index contributed by atoms with van der Waals surface area (Å²) in [5.41, 5.74) is -4.43. The zero-order valence-electron chi connectivity index (χ0n) is 9.74. The van der Waals surface area contributed by atoms with E-state index in [1.807, 2.05) is 0 Å². The van der Waals surface area contributed by atoms with E-state index in [-0.39, 0.29) is 6.07 Å². The Hall–Kier alpha value is -1.73. The Labute approximate surface area is 104 Å². The Balaban J connectivity index is 3.62. The van der Waals surface area contributed by atoms with Crippen molar-refractivity contribution in [3.8, 4) is 0 Å². The van der Waals surface area contributed by atoms with Crippen LogP contribution in [0.15, 0.2) is 12.1 Å². The molecule has 0 fully saturated rings. The van der Waals surface area contributed by atoms with Gasteiger partial charge in [-0.2, -0.15) is 26.3 Å². The van der Waals surface area contributed by atoms with Crippen LogP contribution in [0.2, 0.25) is 0 Å². The molecule has 106 valence electrons. The van der Waals surface area contributed by atoms with Crippen LogP contribution in [0.25, 0.3) is 0 Å². The number of carbonyl (C=O) groups excluding carboxylic acids is 1. The van der Waals surface area contributed by atoms with Gasteiger partial charge >= 0.3 is 18.3 Å². The third-order valence-corrected chi connectivity index (χ3v) is 2.45. The van der Waals surface area contributed by atoms with Gasteiger partial charge in [0.15, 0.2) is 0 Å². The average Bonchev–Trinajstić information content (AvgIpc) is 2.25. The van der Waals surface area contributed by atoms with E-state index in [2.05, 4.69) is 4.74 Å². The van der Waals surface area contributed by atoms with Gasteiger partial charge in [-0.1, -0.05) is 0 Å². The first kappa shape index (κ1) is 15.3. The summed E-state index contributed by atoms with van der Waals surface area (Å²) in [6, 6.07) is 0.318. The predicted octanol–water partition coefficient (Wildman–Crippen LogP) is 3.82. The van der Waals surface area contributed by atoms with Gasteiger partial charge < -0.3 is 4.74 Å². The second-order valence-electron chi connectivity index (χ2n) is 3.68. The Morgan fingerprint density at radius 2 is 1.58 bits per heavy atom. The molecule has 0 unspecified atom stereocenters. The lowest BCUT2D eigenvalue weighted by atomic mass is 9.98. The molecular weight excluding hydrogens is 278 g/mol. The zero-order chi connectivity index (χ0) is 15.0. The molecule has 1 aromatic carbocycles. The van der Waals surface area contributed by atoms with Crippen LogP contribution < -0.4 is 0 Å². The third-order valence-electron chi connectivity index (χ3n) is 2.45. The number of hydrogen-bond donors (Lipinski definition) is 0. The molecule has 0 amide bonds. The highest BCUT2D eigenvalue weighted by molar-refractivity contribution is 5.91. The summed E-state index contributed by atoms with van der Waals surface area (Å²) in [5, 5.41) is 0. The monoisotopic (exact) mass is 286 g/mol. The Morgan fingerprint density at radius 1 is 1.05 bits per heavy atom. The molecule has 0 radical (unpaired) electrons. The lowest BCUT2D eigenvalue weighted by Gasteiger charge is -2.16. The van der Waals surface area contributed by atoms with Gasteiger partial charge in [-0.3, -0.25) is 0 Å². The Morgan fingerprint density at radius 3 is 1.95 bits per heavy atom. The van der Waals surface area contributed by atoms with Crippen molar-refractivity contribution in [2.75, 3.05) is 7.11 Å². The number of carbonyl (C=O) groups is 1. The van der Waals surface area contributed by atoms with Crippen molar-refractivity contribution in [1.82, 2.24) is 0 Å². The van der Waals surface area contributed by atoms with E-state index in [0.717, 1.165) is 14.0 Å². The SMILES string of the molecule is COC(=O)c1cc(C(F)(F)F)cc(C(F)(F)F)c1C. The summed E-state index contributed by atoms with van der Waals surface area (Å²) < 4.78 is 79.7. The molecule has 8 heteroatoms. The molecule has 0 aromatic heterocycles. The van der Waals surface area contributed by atoms with Gasteiger partial charge in [0.1, 0.15) is 0 Å². The molecule has 0 saturated carbocycles. The van der Waals surface area contributed by atoms with Crippen LogP contribution in [-0.4, -0.2) is 13.1 Å². The molecule has 0 heterocycles. The lowest BCUT2D eigenvalue weighted by molar-refractivity contribution is -0.143. The van der Waals surface area contributed by atoms with Crippen molar-refractivity contribution in [2.45, 2.75) is 19.3 Å². The van der Waals surface area contributed by atoms with E-state index in [9.17, 15) is 31.1 Å². The smallest absolute Gasteiger partial charge is 0.416 e. The van der Waals surface area contributed by atoms with Crippen LogP contribution in [0.1, 0.15) is 27.0 Å². The second kappa shape index (κ2) is 4.75. The fourth-order valence-electron chi connectivity index (χ4n) is 1.49. The molecule has 0 N–H and O–H groups in total. The van der Waals surface area contributed by atoms with Gasteiger partial charge in [-0.15, -0.1) is 0 Å². The van der Waals surface area contributed by atoms with Crippen molar-refractivity contribution in [2.24, 2.45) is 0 Å². The van der Waals surface area contributed by atoms with E-state index in [1.54, 1.807) is 0 Å². The van der Waals surface area contributed by atoms with E-state index in [0.29, 0.717) is 6.07 Å². The van der Waals surface area contributed by atoms with E-state index in [4.69, 9.17) is 0 Å². The van der Waals surface area contributed by atoms with Gasteiger partial charge in [0.05, 0.1) is 23.8 Å². The maximum absolute atomic E-state index is 12.6. The van der Waals surface area contributed by atoms with E-state index in [1.165, 1.54) is 0 Å². The second-order valence-corrected chi connectivity index (χ2v) is 3.68. The summed E-state index contributed by atoms with van der Waals surface area (Å²) in [5.74, 6) is -1.26. The third kappa shape index (κ3) is 3.18. The topological polar surface area (TPSA) is 26.3 Å². The Bertz CT molecular complexity index is 501. The highest BCUT2D eigenvalue weighted by Crippen LogP contribution is 2.38. The van der Waals surface area contributed by atoms with Crippen LogP contribution in [0.3, 0.4) is 0 Å². The fraction of sp³-hybridized carbons (Fsp3) is 0.364. The highest BCUT2D eigenvalue weighted by Gasteiger charge is 2.39. The average molecular weight is 286 g/mol. The molecule has 0 aliphatic heterocycles. The van der Waals surface area contributed by atoms with Crippen molar-refractivity contribution in [3.63, 3.8) is 0 Å². The number of methoxy groups -OCH3 is 1. The van der Waals surface area contributed by atoms with E-state index >= 15 is 0 Å². The minimum Gasteiger partial charge on any atom is -0.465 e. The van der Waals surface area contributed by atoms with Gasteiger partial charge in [0.2, 0.25) is 0 Å². The quantitative estimate of drug-likeness (QED) is 0.579. The Kier molecular flexibility index (Phi) is 3.83. The van der Waals surface area contributed by atoms with Gasteiger partial charge in [-0.25, -0.2) is 4.79 Å². The summed E-state index contributed by atoms with van der Waals surface area (Å²) in [6.07, 6.45) is -9.98. The van der Waals surface area contributed by atoms with Crippen molar-refractivity contribution in [1.29, 1.82) is 0 Å². The summed E-state index contributed by atoms with van der Waals surface area (Å²) >= 11 is 0. The number of ether oxygens (including phenoxy) is 1. The van der Waals surface area contributed by atoms with Crippen LogP contribution in [0.4, 0.5) is 26.3 Å². The maximum Gasteiger partial charge on any atom is 0.416 e. The molecule has 0 spiro atoms. The number of esters is 1. The van der Waals surface area contributed by atoms with Crippen LogP contribution in [-0.2, 0) is 17.1 Å². The molecule has 0 bridgehead atoms. The van der Waals surface area contributed by atoms with Crippen molar-refractivity contribution in [3.05, 3.63) is 34.4 Å². The molecule has 2 nitrogen and oxygen atoms in total. The first-order chi connectivity index (χ1) is 8.48. The number of benzene rings is 1. The number of halogens is 6. The molecular formula is C11H8F6O2. The molecule has 0 aliphatic rings.